The fraction of sp³-hybridized carbons (Fsp3) is 0.176. The number of benzene rings is 2. The van der Waals surface area contributed by atoms with Gasteiger partial charge in [-0.05, 0) is 30.7 Å². The van der Waals surface area contributed by atoms with Gasteiger partial charge in [0, 0.05) is 12.0 Å². The molecule has 5 nitrogen and oxygen atoms in total. The van der Waals surface area contributed by atoms with Crippen LogP contribution in [-0.4, -0.2) is 18.4 Å². The Bertz CT molecular complexity index is 600. The first kappa shape index (κ1) is 15.6. The number of amides is 2. The molecule has 0 unspecified atom stereocenters. The Morgan fingerprint density at radius 1 is 0.864 bits per heavy atom. The third kappa shape index (κ3) is 5.28. The van der Waals surface area contributed by atoms with E-state index in [1.54, 1.807) is 24.3 Å². The third-order valence-electron chi connectivity index (χ3n) is 2.91. The normalized spacial score (nSPS) is 9.82. The first-order valence-corrected chi connectivity index (χ1v) is 7.08. The molecule has 0 aliphatic rings. The van der Waals surface area contributed by atoms with Gasteiger partial charge in [-0.25, -0.2) is 0 Å². The highest BCUT2D eigenvalue weighted by molar-refractivity contribution is 5.95. The average molecular weight is 298 g/mol. The van der Waals surface area contributed by atoms with Crippen molar-refractivity contribution in [3.63, 3.8) is 0 Å². The summed E-state index contributed by atoms with van der Waals surface area (Å²) in [6, 6.07) is 18.1. The van der Waals surface area contributed by atoms with Crippen LogP contribution in [0.1, 0.15) is 23.2 Å². The predicted octanol–water partition coefficient (Wildman–Crippen LogP) is 2.31. The number of ether oxygens (including phenoxy) is 1. The molecule has 2 aromatic carbocycles. The van der Waals surface area contributed by atoms with Crippen molar-refractivity contribution in [3.8, 4) is 5.75 Å². The summed E-state index contributed by atoms with van der Waals surface area (Å²) < 4.78 is 5.48. The molecule has 0 aromatic heterocycles. The van der Waals surface area contributed by atoms with Gasteiger partial charge in [0.15, 0.2) is 0 Å². The maximum Gasteiger partial charge on any atom is 0.269 e. The highest BCUT2D eigenvalue weighted by Gasteiger charge is 2.06. The summed E-state index contributed by atoms with van der Waals surface area (Å²) >= 11 is 0. The van der Waals surface area contributed by atoms with Crippen LogP contribution < -0.4 is 15.6 Å². The standard InChI is InChI=1S/C17H18N2O3/c20-16(12-7-13-22-15-10-5-2-6-11-15)18-19-17(21)14-8-3-1-4-9-14/h1-6,8-11H,7,12-13H2,(H,18,20)(H,19,21). The minimum atomic E-state index is -0.338. The van der Waals surface area contributed by atoms with Crippen molar-refractivity contribution in [2.24, 2.45) is 0 Å². The van der Waals surface area contributed by atoms with E-state index in [1.165, 1.54) is 0 Å². The van der Waals surface area contributed by atoms with Crippen molar-refractivity contribution in [2.75, 3.05) is 6.61 Å². The molecule has 0 heterocycles. The summed E-state index contributed by atoms with van der Waals surface area (Å²) in [5.74, 6) is 0.190. The largest absolute Gasteiger partial charge is 0.494 e. The van der Waals surface area contributed by atoms with Gasteiger partial charge in [0.05, 0.1) is 6.61 Å². The molecule has 5 heteroatoms. The zero-order chi connectivity index (χ0) is 15.6. The number of rotatable bonds is 6. The van der Waals surface area contributed by atoms with E-state index in [2.05, 4.69) is 10.9 Å². The van der Waals surface area contributed by atoms with E-state index in [1.807, 2.05) is 36.4 Å². The second-order valence-electron chi connectivity index (χ2n) is 4.63. The van der Waals surface area contributed by atoms with Gasteiger partial charge in [-0.2, -0.15) is 0 Å². The quantitative estimate of drug-likeness (QED) is 0.635. The highest BCUT2D eigenvalue weighted by Crippen LogP contribution is 2.08. The first-order valence-electron chi connectivity index (χ1n) is 7.08. The lowest BCUT2D eigenvalue weighted by atomic mass is 10.2. The molecule has 0 fully saturated rings. The fourth-order valence-electron chi connectivity index (χ4n) is 1.79. The number of hydrogen-bond acceptors (Lipinski definition) is 3. The van der Waals surface area contributed by atoms with Crippen LogP contribution in [0.2, 0.25) is 0 Å². The van der Waals surface area contributed by atoms with Gasteiger partial charge < -0.3 is 4.74 Å². The summed E-state index contributed by atoms with van der Waals surface area (Å²) in [5.41, 5.74) is 5.26. The van der Waals surface area contributed by atoms with Gasteiger partial charge in [0.2, 0.25) is 5.91 Å². The zero-order valence-electron chi connectivity index (χ0n) is 12.1. The molecule has 22 heavy (non-hydrogen) atoms. The minimum absolute atomic E-state index is 0.249. The van der Waals surface area contributed by atoms with Crippen LogP contribution in [0.4, 0.5) is 0 Å². The van der Waals surface area contributed by atoms with Gasteiger partial charge >= 0.3 is 0 Å². The van der Waals surface area contributed by atoms with Crippen molar-refractivity contribution in [3.05, 3.63) is 66.2 Å². The number of carbonyl (C=O) groups is 2. The Hall–Kier alpha value is -2.82. The van der Waals surface area contributed by atoms with Gasteiger partial charge in [-0.15, -0.1) is 0 Å². The molecule has 0 saturated heterocycles. The summed E-state index contributed by atoms with van der Waals surface area (Å²) in [6.45, 7) is 0.448. The van der Waals surface area contributed by atoms with Crippen molar-refractivity contribution >= 4 is 11.8 Å². The molecule has 114 valence electrons. The Labute approximate surface area is 129 Å². The smallest absolute Gasteiger partial charge is 0.269 e. The molecule has 2 rings (SSSR count). The van der Waals surface area contributed by atoms with E-state index in [4.69, 9.17) is 4.74 Å². The Balaban J connectivity index is 1.61. The summed E-state index contributed by atoms with van der Waals surface area (Å²) in [6.07, 6.45) is 0.851. The van der Waals surface area contributed by atoms with E-state index in [9.17, 15) is 9.59 Å². The molecule has 0 atom stereocenters. The molecule has 0 aliphatic carbocycles. The zero-order valence-corrected chi connectivity index (χ0v) is 12.1. The topological polar surface area (TPSA) is 67.4 Å². The third-order valence-corrected chi connectivity index (χ3v) is 2.91. The average Bonchev–Trinajstić information content (AvgIpc) is 2.58. The summed E-state index contributed by atoms with van der Waals surface area (Å²) in [7, 11) is 0. The molecule has 0 saturated carbocycles. The molecule has 0 spiro atoms. The lowest BCUT2D eigenvalue weighted by molar-refractivity contribution is -0.122. The van der Waals surface area contributed by atoms with Crippen LogP contribution in [0.15, 0.2) is 60.7 Å². The molecular formula is C17H18N2O3. The van der Waals surface area contributed by atoms with Crippen LogP contribution in [0.5, 0.6) is 5.75 Å². The molecule has 2 aromatic rings. The lowest BCUT2D eigenvalue weighted by Gasteiger charge is -2.08. The van der Waals surface area contributed by atoms with Crippen molar-refractivity contribution in [1.29, 1.82) is 0 Å². The maximum atomic E-state index is 11.7. The van der Waals surface area contributed by atoms with Crippen LogP contribution >= 0.6 is 0 Å². The Morgan fingerprint density at radius 2 is 1.50 bits per heavy atom. The molecule has 0 bridgehead atoms. The monoisotopic (exact) mass is 298 g/mol. The number of hydrogen-bond donors (Lipinski definition) is 2. The number of hydrazine groups is 1. The SMILES string of the molecule is O=C(CCCOc1ccccc1)NNC(=O)c1ccccc1. The second kappa shape index (κ2) is 8.46. The van der Waals surface area contributed by atoms with Gasteiger partial charge in [-0.3, -0.25) is 20.4 Å². The van der Waals surface area contributed by atoms with Crippen LogP contribution in [0.3, 0.4) is 0 Å². The Kier molecular flexibility index (Phi) is 5.99. The molecule has 2 N–H and O–H groups in total. The molecule has 0 aliphatic heterocycles. The predicted molar refractivity (Wildman–Crippen MR) is 83.2 cm³/mol. The lowest BCUT2D eigenvalue weighted by Crippen LogP contribution is -2.41. The van der Waals surface area contributed by atoms with E-state index in [-0.39, 0.29) is 18.2 Å². The summed E-state index contributed by atoms with van der Waals surface area (Å²) in [4.78, 5) is 23.3. The van der Waals surface area contributed by atoms with E-state index >= 15 is 0 Å². The van der Waals surface area contributed by atoms with Crippen molar-refractivity contribution in [2.45, 2.75) is 12.8 Å². The maximum absolute atomic E-state index is 11.7. The molecule has 0 radical (unpaired) electrons. The van der Waals surface area contributed by atoms with Crippen LogP contribution in [-0.2, 0) is 4.79 Å². The van der Waals surface area contributed by atoms with E-state index in [0.717, 1.165) is 5.75 Å². The van der Waals surface area contributed by atoms with Crippen molar-refractivity contribution in [1.82, 2.24) is 10.9 Å². The van der Waals surface area contributed by atoms with E-state index in [0.29, 0.717) is 18.6 Å². The van der Waals surface area contributed by atoms with Gasteiger partial charge in [-0.1, -0.05) is 36.4 Å². The van der Waals surface area contributed by atoms with Crippen molar-refractivity contribution < 1.29 is 14.3 Å². The second-order valence-corrected chi connectivity index (χ2v) is 4.63. The first-order chi connectivity index (χ1) is 10.8. The minimum Gasteiger partial charge on any atom is -0.494 e. The fourth-order valence-corrected chi connectivity index (χ4v) is 1.79. The van der Waals surface area contributed by atoms with Gasteiger partial charge in [0.1, 0.15) is 5.75 Å². The number of carbonyl (C=O) groups excluding carboxylic acids is 2. The molecule has 2 amide bonds. The van der Waals surface area contributed by atoms with Crippen LogP contribution in [0, 0.1) is 0 Å². The Morgan fingerprint density at radius 3 is 2.18 bits per heavy atom. The van der Waals surface area contributed by atoms with Gasteiger partial charge in [0.25, 0.3) is 5.91 Å². The number of para-hydroxylation sites is 1. The number of nitrogens with one attached hydrogen (secondary N) is 2. The molecular weight excluding hydrogens is 280 g/mol. The summed E-state index contributed by atoms with van der Waals surface area (Å²) in [5, 5.41) is 0. The highest BCUT2D eigenvalue weighted by atomic mass is 16.5. The van der Waals surface area contributed by atoms with E-state index < -0.39 is 0 Å². The van der Waals surface area contributed by atoms with Crippen LogP contribution in [0.25, 0.3) is 0 Å².